The van der Waals surface area contributed by atoms with Crippen molar-refractivity contribution in [3.8, 4) is 0 Å². The summed E-state index contributed by atoms with van der Waals surface area (Å²) in [7, 11) is 2.22. The van der Waals surface area contributed by atoms with E-state index in [0.29, 0.717) is 6.04 Å². The van der Waals surface area contributed by atoms with Crippen LogP contribution in [0, 0.1) is 6.92 Å². The molecule has 100 valence electrons. The van der Waals surface area contributed by atoms with Crippen LogP contribution in [0.15, 0.2) is 30.5 Å². The van der Waals surface area contributed by atoms with E-state index in [1.165, 1.54) is 16.5 Å². The minimum atomic E-state index is 0.601. The molecule has 1 fully saturated rings. The number of aryl methyl sites for hydroxylation is 1. The van der Waals surface area contributed by atoms with Crippen LogP contribution in [0.4, 0.5) is 0 Å². The molecule has 0 radical (unpaired) electrons. The van der Waals surface area contributed by atoms with Crippen LogP contribution in [-0.2, 0) is 6.42 Å². The fourth-order valence-electron chi connectivity index (χ4n) is 2.78. The van der Waals surface area contributed by atoms with E-state index < -0.39 is 0 Å². The molecule has 1 saturated heterocycles. The molecule has 1 aliphatic rings. The third-order valence-electron chi connectivity index (χ3n) is 4.00. The van der Waals surface area contributed by atoms with Crippen LogP contribution in [0.5, 0.6) is 0 Å². The van der Waals surface area contributed by atoms with Gasteiger partial charge in [-0.3, -0.25) is 4.98 Å². The fraction of sp³-hybridized carbons (Fsp3) is 0.438. The zero-order chi connectivity index (χ0) is 13.2. The Morgan fingerprint density at radius 3 is 3.11 bits per heavy atom. The predicted octanol–water partition coefficient (Wildman–Crippen LogP) is 1.99. The van der Waals surface area contributed by atoms with E-state index in [1.807, 2.05) is 6.20 Å². The van der Waals surface area contributed by atoms with Crippen molar-refractivity contribution >= 4 is 10.9 Å². The van der Waals surface area contributed by atoms with Crippen molar-refractivity contribution in [1.82, 2.24) is 15.2 Å². The highest BCUT2D eigenvalue weighted by Crippen LogP contribution is 2.17. The molecular weight excluding hydrogens is 234 g/mol. The Kier molecular flexibility index (Phi) is 3.49. The summed E-state index contributed by atoms with van der Waals surface area (Å²) in [5.41, 5.74) is 3.71. The SMILES string of the molecule is Cc1cnc2ccc(CC3CNCCN3C)cc2c1. The van der Waals surface area contributed by atoms with Crippen LogP contribution in [0.25, 0.3) is 10.9 Å². The quantitative estimate of drug-likeness (QED) is 0.889. The molecule has 0 saturated carbocycles. The highest BCUT2D eigenvalue weighted by molar-refractivity contribution is 5.79. The van der Waals surface area contributed by atoms with Crippen LogP contribution in [0.3, 0.4) is 0 Å². The van der Waals surface area contributed by atoms with E-state index in [2.05, 4.69) is 53.4 Å². The van der Waals surface area contributed by atoms with Crippen molar-refractivity contribution in [2.75, 3.05) is 26.7 Å². The second-order valence-electron chi connectivity index (χ2n) is 5.58. The molecule has 0 spiro atoms. The smallest absolute Gasteiger partial charge is 0.0702 e. The lowest BCUT2D eigenvalue weighted by Crippen LogP contribution is -2.50. The molecule has 1 N–H and O–H groups in total. The summed E-state index contributed by atoms with van der Waals surface area (Å²) in [5, 5.41) is 4.73. The molecule has 2 aromatic rings. The Morgan fingerprint density at radius 1 is 1.37 bits per heavy atom. The van der Waals surface area contributed by atoms with Gasteiger partial charge in [0.1, 0.15) is 0 Å². The number of hydrogen-bond donors (Lipinski definition) is 1. The minimum Gasteiger partial charge on any atom is -0.314 e. The van der Waals surface area contributed by atoms with Gasteiger partial charge in [-0.25, -0.2) is 0 Å². The first-order valence-corrected chi connectivity index (χ1v) is 6.98. The lowest BCUT2D eigenvalue weighted by molar-refractivity contribution is 0.199. The molecule has 1 aromatic heterocycles. The first-order chi connectivity index (χ1) is 9.22. The van der Waals surface area contributed by atoms with Crippen molar-refractivity contribution < 1.29 is 0 Å². The minimum absolute atomic E-state index is 0.601. The molecule has 3 nitrogen and oxygen atoms in total. The highest BCUT2D eigenvalue weighted by Gasteiger charge is 2.18. The molecule has 1 aromatic carbocycles. The monoisotopic (exact) mass is 255 g/mol. The molecular formula is C16H21N3. The zero-order valence-electron chi connectivity index (χ0n) is 11.7. The van der Waals surface area contributed by atoms with E-state index in [0.717, 1.165) is 31.6 Å². The van der Waals surface area contributed by atoms with E-state index in [-0.39, 0.29) is 0 Å². The van der Waals surface area contributed by atoms with Crippen LogP contribution in [-0.4, -0.2) is 42.6 Å². The largest absolute Gasteiger partial charge is 0.314 e. The molecule has 0 amide bonds. The molecule has 1 atom stereocenters. The van der Waals surface area contributed by atoms with Gasteiger partial charge in [0.2, 0.25) is 0 Å². The van der Waals surface area contributed by atoms with Crippen molar-refractivity contribution in [2.45, 2.75) is 19.4 Å². The topological polar surface area (TPSA) is 28.2 Å². The van der Waals surface area contributed by atoms with Crippen molar-refractivity contribution in [1.29, 1.82) is 0 Å². The van der Waals surface area contributed by atoms with Gasteiger partial charge in [0.25, 0.3) is 0 Å². The molecule has 3 heteroatoms. The van der Waals surface area contributed by atoms with Gasteiger partial charge in [-0.15, -0.1) is 0 Å². The van der Waals surface area contributed by atoms with Gasteiger partial charge in [0, 0.05) is 37.3 Å². The summed E-state index contributed by atoms with van der Waals surface area (Å²) in [6.45, 7) is 5.42. The third kappa shape index (κ3) is 2.77. The van der Waals surface area contributed by atoms with E-state index in [1.54, 1.807) is 0 Å². The van der Waals surface area contributed by atoms with Gasteiger partial charge >= 0.3 is 0 Å². The third-order valence-corrected chi connectivity index (χ3v) is 4.00. The Hall–Kier alpha value is -1.45. The Morgan fingerprint density at radius 2 is 2.26 bits per heavy atom. The van der Waals surface area contributed by atoms with Crippen LogP contribution in [0.2, 0.25) is 0 Å². The number of fused-ring (bicyclic) bond motifs is 1. The summed E-state index contributed by atoms with van der Waals surface area (Å²) in [6, 6.07) is 9.46. The maximum absolute atomic E-state index is 4.46. The van der Waals surface area contributed by atoms with Gasteiger partial charge in [-0.2, -0.15) is 0 Å². The number of nitrogens with zero attached hydrogens (tertiary/aromatic N) is 2. The second kappa shape index (κ2) is 5.27. The highest BCUT2D eigenvalue weighted by atomic mass is 15.2. The average molecular weight is 255 g/mol. The Labute approximate surface area is 114 Å². The van der Waals surface area contributed by atoms with Crippen molar-refractivity contribution in [3.63, 3.8) is 0 Å². The number of likely N-dealkylation sites (N-methyl/N-ethyl adjacent to an activating group) is 1. The van der Waals surface area contributed by atoms with Gasteiger partial charge in [0.05, 0.1) is 5.52 Å². The van der Waals surface area contributed by atoms with Gasteiger partial charge in [-0.05, 0) is 49.7 Å². The van der Waals surface area contributed by atoms with E-state index >= 15 is 0 Å². The molecule has 2 heterocycles. The predicted molar refractivity (Wildman–Crippen MR) is 79.5 cm³/mol. The number of nitrogens with one attached hydrogen (secondary N) is 1. The summed E-state index contributed by atoms with van der Waals surface area (Å²) in [6.07, 6.45) is 3.04. The second-order valence-corrected chi connectivity index (χ2v) is 5.58. The summed E-state index contributed by atoms with van der Waals surface area (Å²) < 4.78 is 0. The van der Waals surface area contributed by atoms with Gasteiger partial charge < -0.3 is 10.2 Å². The molecule has 19 heavy (non-hydrogen) atoms. The van der Waals surface area contributed by atoms with Crippen LogP contribution in [0.1, 0.15) is 11.1 Å². The first kappa shape index (κ1) is 12.6. The Bertz CT molecular complexity index is 579. The number of pyridine rings is 1. The van der Waals surface area contributed by atoms with Gasteiger partial charge in [-0.1, -0.05) is 6.07 Å². The zero-order valence-corrected chi connectivity index (χ0v) is 11.7. The lowest BCUT2D eigenvalue weighted by atomic mass is 10.0. The lowest BCUT2D eigenvalue weighted by Gasteiger charge is -2.33. The average Bonchev–Trinajstić information content (AvgIpc) is 2.41. The van der Waals surface area contributed by atoms with Crippen molar-refractivity contribution in [3.05, 3.63) is 41.6 Å². The number of aromatic nitrogens is 1. The molecule has 1 aliphatic heterocycles. The molecule has 3 rings (SSSR count). The van der Waals surface area contributed by atoms with Crippen LogP contribution < -0.4 is 5.32 Å². The summed E-state index contributed by atoms with van der Waals surface area (Å²) in [4.78, 5) is 6.91. The number of hydrogen-bond acceptors (Lipinski definition) is 3. The maximum Gasteiger partial charge on any atom is 0.0702 e. The summed E-state index contributed by atoms with van der Waals surface area (Å²) in [5.74, 6) is 0. The summed E-state index contributed by atoms with van der Waals surface area (Å²) >= 11 is 0. The van der Waals surface area contributed by atoms with Gasteiger partial charge in [0.15, 0.2) is 0 Å². The van der Waals surface area contributed by atoms with Crippen molar-refractivity contribution in [2.24, 2.45) is 0 Å². The number of rotatable bonds is 2. The standard InChI is InChI=1S/C16H21N3/c1-12-7-14-8-13(3-4-16(14)18-10-12)9-15-11-17-5-6-19(15)2/h3-4,7-8,10,15,17H,5-6,9,11H2,1-2H3. The van der Waals surface area contributed by atoms with E-state index in [4.69, 9.17) is 0 Å². The first-order valence-electron chi connectivity index (χ1n) is 6.98. The number of benzene rings is 1. The van der Waals surface area contributed by atoms with Crippen LogP contribution >= 0.6 is 0 Å². The van der Waals surface area contributed by atoms with E-state index in [9.17, 15) is 0 Å². The molecule has 0 bridgehead atoms. The number of piperazine rings is 1. The Balaban J connectivity index is 1.84. The molecule has 0 aliphatic carbocycles. The molecule has 1 unspecified atom stereocenters. The normalized spacial score (nSPS) is 20.8. The fourth-order valence-corrected chi connectivity index (χ4v) is 2.78. The maximum atomic E-state index is 4.46.